The highest BCUT2D eigenvalue weighted by molar-refractivity contribution is 5.66. The molecule has 0 aliphatic carbocycles. The van der Waals surface area contributed by atoms with Gasteiger partial charge in [0.05, 0.1) is 0 Å². The van der Waals surface area contributed by atoms with Gasteiger partial charge in [-0.15, -0.1) is 0 Å². The molecule has 0 radical (unpaired) electrons. The number of benzene rings is 2. The van der Waals surface area contributed by atoms with Crippen molar-refractivity contribution in [1.82, 2.24) is 9.97 Å². The number of halogens is 3. The van der Waals surface area contributed by atoms with Gasteiger partial charge in [-0.25, -0.2) is 4.98 Å². The molecule has 3 rings (SSSR count). The molecule has 7 heteroatoms. The van der Waals surface area contributed by atoms with Gasteiger partial charge in [-0.3, -0.25) is 0 Å². The van der Waals surface area contributed by atoms with Gasteiger partial charge in [0.25, 0.3) is 0 Å². The number of aromatic nitrogens is 2. The van der Waals surface area contributed by atoms with Crippen LogP contribution in [0, 0.1) is 0 Å². The maximum atomic E-state index is 13.7. The maximum absolute atomic E-state index is 13.7. The minimum absolute atomic E-state index is 0.0880. The maximum Gasteiger partial charge on any atom is 0.421 e. The number of anilines is 4. The Labute approximate surface area is 187 Å². The van der Waals surface area contributed by atoms with Gasteiger partial charge in [0, 0.05) is 17.6 Å². The summed E-state index contributed by atoms with van der Waals surface area (Å²) in [6.07, 6.45) is -2.75. The lowest BCUT2D eigenvalue weighted by molar-refractivity contribution is -0.137. The smallest absolute Gasteiger partial charge is 0.339 e. The molecule has 0 aliphatic heterocycles. The number of nitrogens with zero attached hydrogens (tertiary/aromatic N) is 2. The summed E-state index contributed by atoms with van der Waals surface area (Å²) in [6, 6.07) is 15.1. The lowest BCUT2D eigenvalue weighted by atomic mass is 9.86. The number of hydrogen-bond acceptors (Lipinski definition) is 4. The van der Waals surface area contributed by atoms with E-state index in [9.17, 15) is 13.2 Å². The highest BCUT2D eigenvalue weighted by Crippen LogP contribution is 2.37. The molecule has 1 heterocycles. The van der Waals surface area contributed by atoms with E-state index in [-0.39, 0.29) is 17.2 Å². The van der Waals surface area contributed by atoms with Crippen molar-refractivity contribution in [3.8, 4) is 0 Å². The molecular weight excluding hydrogens is 413 g/mol. The molecule has 170 valence electrons. The van der Waals surface area contributed by atoms with Crippen LogP contribution in [0.15, 0.2) is 54.7 Å². The highest BCUT2D eigenvalue weighted by atomic mass is 19.4. The standard InChI is InChI=1S/C25H29F3N4/c1-6-16(2)17-11-13-18(14-12-17)30-23-29-15-20(25(26,27)28)22(32-23)31-21-10-8-7-9-19(21)24(3,4)5/h7-16H,6H2,1-5H3,(H2,29,30,31,32). The van der Waals surface area contributed by atoms with Crippen molar-refractivity contribution < 1.29 is 13.2 Å². The first-order valence-corrected chi connectivity index (χ1v) is 10.7. The summed E-state index contributed by atoms with van der Waals surface area (Å²) in [5, 5.41) is 5.91. The van der Waals surface area contributed by atoms with Crippen LogP contribution in [-0.4, -0.2) is 9.97 Å². The molecule has 0 amide bonds. The highest BCUT2D eigenvalue weighted by Gasteiger charge is 2.35. The summed E-state index contributed by atoms with van der Waals surface area (Å²) in [7, 11) is 0. The SMILES string of the molecule is CCC(C)c1ccc(Nc2ncc(C(F)(F)F)c(Nc3ccccc3C(C)(C)C)n2)cc1. The zero-order valence-corrected chi connectivity index (χ0v) is 19.0. The monoisotopic (exact) mass is 442 g/mol. The summed E-state index contributed by atoms with van der Waals surface area (Å²) in [5.41, 5.74) is 2.20. The Hall–Kier alpha value is -3.09. The van der Waals surface area contributed by atoms with Gasteiger partial charge in [-0.2, -0.15) is 18.2 Å². The lowest BCUT2D eigenvalue weighted by Crippen LogP contribution is -2.16. The molecule has 0 saturated heterocycles. The third-order valence-electron chi connectivity index (χ3n) is 5.43. The minimum atomic E-state index is -4.59. The average Bonchev–Trinajstić information content (AvgIpc) is 2.72. The third-order valence-corrected chi connectivity index (χ3v) is 5.43. The van der Waals surface area contributed by atoms with Gasteiger partial charge in [-0.05, 0) is 47.1 Å². The fourth-order valence-electron chi connectivity index (χ4n) is 3.38. The van der Waals surface area contributed by atoms with Crippen molar-refractivity contribution in [1.29, 1.82) is 0 Å². The molecule has 0 aliphatic rings. The number of hydrogen-bond donors (Lipinski definition) is 2. The molecule has 2 aromatic carbocycles. The van der Waals surface area contributed by atoms with Gasteiger partial charge in [0.2, 0.25) is 5.95 Å². The van der Waals surface area contributed by atoms with Crippen LogP contribution in [0.25, 0.3) is 0 Å². The molecule has 0 bridgehead atoms. The molecule has 3 aromatic rings. The second-order valence-electron chi connectivity index (χ2n) is 8.93. The van der Waals surface area contributed by atoms with Crippen molar-refractivity contribution in [2.75, 3.05) is 10.6 Å². The quantitative estimate of drug-likeness (QED) is 0.409. The van der Waals surface area contributed by atoms with Crippen LogP contribution in [0.2, 0.25) is 0 Å². The Morgan fingerprint density at radius 1 is 0.906 bits per heavy atom. The predicted molar refractivity (Wildman–Crippen MR) is 124 cm³/mol. The van der Waals surface area contributed by atoms with E-state index in [1.54, 1.807) is 12.1 Å². The van der Waals surface area contributed by atoms with Gasteiger partial charge in [0.15, 0.2) is 0 Å². The van der Waals surface area contributed by atoms with Crippen LogP contribution < -0.4 is 10.6 Å². The van der Waals surface area contributed by atoms with Crippen molar-refractivity contribution in [3.63, 3.8) is 0 Å². The summed E-state index contributed by atoms with van der Waals surface area (Å²) in [5.74, 6) is 0.234. The summed E-state index contributed by atoms with van der Waals surface area (Å²) in [4.78, 5) is 8.08. The van der Waals surface area contributed by atoms with Crippen molar-refractivity contribution >= 4 is 23.1 Å². The third kappa shape index (κ3) is 5.58. The molecule has 4 nitrogen and oxygen atoms in total. The molecule has 0 spiro atoms. The van der Waals surface area contributed by atoms with E-state index in [0.29, 0.717) is 17.3 Å². The molecule has 1 atom stereocenters. The summed E-state index contributed by atoms with van der Waals surface area (Å²) >= 11 is 0. The summed E-state index contributed by atoms with van der Waals surface area (Å²) in [6.45, 7) is 10.3. The Balaban J connectivity index is 1.95. The first kappa shape index (κ1) is 23.6. The van der Waals surface area contributed by atoms with Crippen LogP contribution in [-0.2, 0) is 11.6 Å². The van der Waals surface area contributed by atoms with Gasteiger partial charge in [0.1, 0.15) is 11.4 Å². The van der Waals surface area contributed by atoms with Gasteiger partial charge in [-0.1, -0.05) is 65.0 Å². The fraction of sp³-hybridized carbons (Fsp3) is 0.360. The molecule has 32 heavy (non-hydrogen) atoms. The van der Waals surface area contributed by atoms with Crippen molar-refractivity contribution in [2.24, 2.45) is 0 Å². The Morgan fingerprint density at radius 2 is 1.56 bits per heavy atom. The Bertz CT molecular complexity index is 1050. The molecule has 2 N–H and O–H groups in total. The zero-order chi connectivity index (χ0) is 23.5. The van der Waals surface area contributed by atoms with Crippen LogP contribution >= 0.6 is 0 Å². The molecule has 1 unspecified atom stereocenters. The van der Waals surface area contributed by atoms with Crippen molar-refractivity contribution in [2.45, 2.75) is 58.5 Å². The summed E-state index contributed by atoms with van der Waals surface area (Å²) < 4.78 is 41.0. The molecular formula is C25H29F3N4. The van der Waals surface area contributed by atoms with E-state index in [1.807, 2.05) is 57.2 Å². The molecule has 0 saturated carbocycles. The largest absolute Gasteiger partial charge is 0.421 e. The van der Waals surface area contributed by atoms with Crippen LogP contribution in [0.5, 0.6) is 0 Å². The average molecular weight is 443 g/mol. The van der Waals surface area contributed by atoms with Gasteiger partial charge >= 0.3 is 6.18 Å². The zero-order valence-electron chi connectivity index (χ0n) is 19.0. The number of para-hydroxylation sites is 1. The number of nitrogens with one attached hydrogen (secondary N) is 2. The minimum Gasteiger partial charge on any atom is -0.339 e. The van der Waals surface area contributed by atoms with Gasteiger partial charge < -0.3 is 10.6 Å². The second-order valence-corrected chi connectivity index (χ2v) is 8.93. The van der Waals surface area contributed by atoms with Crippen molar-refractivity contribution in [3.05, 3.63) is 71.4 Å². The first-order valence-electron chi connectivity index (χ1n) is 10.7. The van der Waals surface area contributed by atoms with Crippen LogP contribution in [0.3, 0.4) is 0 Å². The van der Waals surface area contributed by atoms with E-state index >= 15 is 0 Å². The second kappa shape index (κ2) is 9.18. The number of alkyl halides is 3. The van der Waals surface area contributed by atoms with E-state index in [1.165, 1.54) is 5.56 Å². The van der Waals surface area contributed by atoms with E-state index in [0.717, 1.165) is 18.2 Å². The lowest BCUT2D eigenvalue weighted by Gasteiger charge is -2.24. The topological polar surface area (TPSA) is 49.8 Å². The van der Waals surface area contributed by atoms with E-state index in [2.05, 4.69) is 34.4 Å². The number of rotatable bonds is 6. The molecule has 0 fully saturated rings. The Morgan fingerprint density at radius 3 is 2.16 bits per heavy atom. The van der Waals surface area contributed by atoms with Crippen LogP contribution in [0.4, 0.5) is 36.3 Å². The van der Waals surface area contributed by atoms with Crippen LogP contribution in [0.1, 0.15) is 63.6 Å². The normalized spacial score (nSPS) is 13.0. The van der Waals surface area contributed by atoms with E-state index < -0.39 is 11.7 Å². The predicted octanol–water partition coefficient (Wildman–Crippen LogP) is 7.79. The molecule has 1 aromatic heterocycles. The van der Waals surface area contributed by atoms with E-state index in [4.69, 9.17) is 0 Å². The first-order chi connectivity index (χ1) is 15.0. The fourth-order valence-corrected chi connectivity index (χ4v) is 3.38. The Kier molecular flexibility index (Phi) is 6.77.